The number of fused-ring (bicyclic) bond motifs is 1. The fourth-order valence-electron chi connectivity index (χ4n) is 5.32. The highest BCUT2D eigenvalue weighted by Crippen LogP contribution is 2.44. The Hall–Kier alpha value is -4.79. The van der Waals surface area contributed by atoms with Crippen LogP contribution in [0.2, 0.25) is 0 Å². The number of benzene rings is 4. The summed E-state index contributed by atoms with van der Waals surface area (Å²) in [6, 6.07) is 32.7. The third-order valence-electron chi connectivity index (χ3n) is 7.66. The number of hydrogen-bond acceptors (Lipinski definition) is 6. The predicted molar refractivity (Wildman–Crippen MR) is 171 cm³/mol. The van der Waals surface area contributed by atoms with Crippen LogP contribution in [0.15, 0.2) is 120 Å². The average Bonchev–Trinajstić information content (AvgIpc) is 3.36. The van der Waals surface area contributed by atoms with E-state index in [0.717, 1.165) is 42.7 Å². The Labute approximate surface area is 263 Å². The zero-order valence-corrected chi connectivity index (χ0v) is 25.2. The zero-order chi connectivity index (χ0) is 30.6. The molecule has 3 heterocycles. The normalized spacial score (nSPS) is 17.5. The minimum atomic E-state index is -1.57. The molecule has 5 aromatic rings. The van der Waals surface area contributed by atoms with Crippen molar-refractivity contribution >= 4 is 21.5 Å². The van der Waals surface area contributed by atoms with Gasteiger partial charge in [-0.25, -0.2) is 8.60 Å². The quantitative estimate of drug-likeness (QED) is 0.165. The molecule has 0 spiro atoms. The van der Waals surface area contributed by atoms with Crippen LogP contribution in [0.1, 0.15) is 36.0 Å². The van der Waals surface area contributed by atoms with Crippen molar-refractivity contribution in [2.24, 2.45) is 0 Å². The average molecular weight is 620 g/mol. The molecular weight excluding hydrogens is 589 g/mol. The van der Waals surface area contributed by atoms with Gasteiger partial charge in [-0.15, -0.1) is 0 Å². The first-order valence-electron chi connectivity index (χ1n) is 14.9. The van der Waals surface area contributed by atoms with E-state index in [1.54, 1.807) is 24.4 Å². The van der Waals surface area contributed by atoms with E-state index in [9.17, 15) is 8.60 Å². The largest absolute Gasteiger partial charge is 0.489 e. The zero-order valence-electron chi connectivity index (χ0n) is 24.4. The lowest BCUT2D eigenvalue weighted by atomic mass is 10.1. The van der Waals surface area contributed by atoms with Crippen molar-refractivity contribution < 1.29 is 27.5 Å². The van der Waals surface area contributed by atoms with Crippen LogP contribution in [0.4, 0.5) is 4.39 Å². The van der Waals surface area contributed by atoms with Crippen molar-refractivity contribution in [1.29, 1.82) is 0 Å². The second-order valence-corrected chi connectivity index (χ2v) is 12.2. The monoisotopic (exact) mass is 619 g/mol. The van der Waals surface area contributed by atoms with Gasteiger partial charge in [-0.1, -0.05) is 42.5 Å². The van der Waals surface area contributed by atoms with Gasteiger partial charge in [0.25, 0.3) is 0 Å². The molecular formula is C37H30FNO5S. The molecule has 2 aliphatic rings. The fraction of sp³-hybridized carbons (Fsp3) is 0.162. The minimum Gasteiger partial charge on any atom is -0.489 e. The predicted octanol–water partition coefficient (Wildman–Crippen LogP) is 8.40. The van der Waals surface area contributed by atoms with Gasteiger partial charge in [0.2, 0.25) is 0 Å². The third-order valence-corrected chi connectivity index (χ3v) is 9.18. The Morgan fingerprint density at radius 1 is 0.822 bits per heavy atom. The van der Waals surface area contributed by atoms with E-state index < -0.39 is 10.8 Å². The van der Waals surface area contributed by atoms with Gasteiger partial charge in [0, 0.05) is 17.5 Å². The topological polar surface area (TPSA) is 66.9 Å². The van der Waals surface area contributed by atoms with Crippen molar-refractivity contribution in [2.45, 2.75) is 37.1 Å². The van der Waals surface area contributed by atoms with Gasteiger partial charge in [0.05, 0.1) is 39.1 Å². The molecule has 6 nitrogen and oxygen atoms in total. The van der Waals surface area contributed by atoms with E-state index in [2.05, 4.69) is 4.98 Å². The first kappa shape index (κ1) is 29.0. The Bertz CT molecular complexity index is 1840. The first-order chi connectivity index (χ1) is 22.1. The summed E-state index contributed by atoms with van der Waals surface area (Å²) in [4.78, 5) is 5.64. The molecule has 1 aromatic heterocycles. The molecule has 2 atom stereocenters. The molecule has 4 aromatic carbocycles. The maximum atomic E-state index is 13.9. The van der Waals surface area contributed by atoms with E-state index in [0.29, 0.717) is 50.5 Å². The van der Waals surface area contributed by atoms with Crippen LogP contribution in [0.5, 0.6) is 17.2 Å². The van der Waals surface area contributed by atoms with Crippen molar-refractivity contribution in [3.05, 3.63) is 138 Å². The summed E-state index contributed by atoms with van der Waals surface area (Å²) in [5, 5.41) is 0. The molecule has 2 unspecified atom stereocenters. The molecule has 0 bridgehead atoms. The molecule has 45 heavy (non-hydrogen) atoms. The van der Waals surface area contributed by atoms with Crippen LogP contribution in [-0.2, 0) is 22.1 Å². The summed E-state index contributed by atoms with van der Waals surface area (Å²) in [6.07, 6.45) is 4.53. The van der Waals surface area contributed by atoms with Gasteiger partial charge in [-0.3, -0.25) is 4.98 Å². The first-order valence-corrected chi connectivity index (χ1v) is 16.0. The lowest BCUT2D eigenvalue weighted by Gasteiger charge is -2.23. The molecule has 8 heteroatoms. The second-order valence-electron chi connectivity index (χ2n) is 10.8. The molecule has 0 amide bonds. The van der Waals surface area contributed by atoms with Crippen LogP contribution in [-0.4, -0.2) is 22.1 Å². The van der Waals surface area contributed by atoms with Crippen molar-refractivity contribution in [1.82, 2.24) is 4.98 Å². The molecule has 0 aliphatic carbocycles. The van der Waals surface area contributed by atoms with Crippen LogP contribution in [0, 0.1) is 5.82 Å². The van der Waals surface area contributed by atoms with Gasteiger partial charge < -0.3 is 18.9 Å². The summed E-state index contributed by atoms with van der Waals surface area (Å²) >= 11 is 0. The second kappa shape index (κ2) is 13.1. The minimum absolute atomic E-state index is 0.222. The van der Waals surface area contributed by atoms with E-state index in [-0.39, 0.29) is 12.1 Å². The third kappa shape index (κ3) is 6.53. The van der Waals surface area contributed by atoms with E-state index in [1.807, 2.05) is 78.9 Å². The van der Waals surface area contributed by atoms with Gasteiger partial charge in [-0.05, 0) is 90.7 Å². The number of halogens is 1. The highest BCUT2D eigenvalue weighted by atomic mass is 32.2. The van der Waals surface area contributed by atoms with E-state index >= 15 is 0 Å². The van der Waals surface area contributed by atoms with Crippen LogP contribution < -0.4 is 14.2 Å². The van der Waals surface area contributed by atoms with Crippen LogP contribution in [0.25, 0.3) is 21.9 Å². The lowest BCUT2D eigenvalue weighted by molar-refractivity contribution is -0.106. The number of ether oxygens (including phenoxy) is 4. The molecule has 1 saturated heterocycles. The number of aromatic nitrogens is 1. The Morgan fingerprint density at radius 3 is 2.31 bits per heavy atom. The number of rotatable bonds is 9. The van der Waals surface area contributed by atoms with Crippen molar-refractivity contribution in [3.63, 3.8) is 0 Å². The summed E-state index contributed by atoms with van der Waals surface area (Å²) in [7, 11) is -1.57. The fourth-order valence-corrected chi connectivity index (χ4v) is 6.79. The highest BCUT2D eigenvalue weighted by Gasteiger charge is 2.32. The van der Waals surface area contributed by atoms with Crippen LogP contribution in [0.3, 0.4) is 0 Å². The molecule has 2 aliphatic heterocycles. The van der Waals surface area contributed by atoms with Gasteiger partial charge >= 0.3 is 0 Å². The van der Waals surface area contributed by atoms with Crippen molar-refractivity contribution in [3.8, 4) is 28.5 Å². The molecule has 0 saturated carbocycles. The summed E-state index contributed by atoms with van der Waals surface area (Å²) in [6.45, 7) is 1.11. The van der Waals surface area contributed by atoms with Gasteiger partial charge in [0.1, 0.15) is 29.7 Å². The smallest absolute Gasteiger partial charge is 0.199 e. The summed E-state index contributed by atoms with van der Waals surface area (Å²) in [5.41, 5.74) is 4.05. The Balaban J connectivity index is 1.12. The highest BCUT2D eigenvalue weighted by molar-refractivity contribution is 7.95. The van der Waals surface area contributed by atoms with E-state index in [1.165, 1.54) is 12.1 Å². The number of hydrogen-bond donors (Lipinski definition) is 0. The number of pyridine rings is 1. The standard InChI is InChI=1S/C37H30FNO5S/c38-28-13-9-27(10-14-28)37-36(32-19-17-30(22-34(32)45(37)40)42-24-25-6-2-1-3-7-25)44-29-15-11-26(12-16-29)33-20-18-31(23-39-33)43-35-8-4-5-21-41-35/h1-3,6-7,9-20,22-23,35H,4-5,8,21,24H2. The van der Waals surface area contributed by atoms with Crippen LogP contribution >= 0.6 is 0 Å². The molecule has 0 N–H and O–H groups in total. The number of nitrogens with zero attached hydrogens (tertiary/aromatic N) is 1. The maximum absolute atomic E-state index is 13.9. The Kier molecular flexibility index (Phi) is 8.40. The van der Waals surface area contributed by atoms with Gasteiger partial charge in [-0.2, -0.15) is 0 Å². The SMILES string of the molecule is O=S1C(c2ccc(F)cc2)=C(Oc2ccc(-c3ccc(OC4CCCCO4)cn3)cc2)c2ccc(OCc3ccccc3)cc21. The Morgan fingerprint density at radius 2 is 1.58 bits per heavy atom. The molecule has 7 rings (SSSR count). The summed E-state index contributed by atoms with van der Waals surface area (Å²) < 4.78 is 51.7. The van der Waals surface area contributed by atoms with Crippen molar-refractivity contribution in [2.75, 3.05) is 6.61 Å². The maximum Gasteiger partial charge on any atom is 0.199 e. The molecule has 226 valence electrons. The molecule has 1 fully saturated rings. The molecule has 0 radical (unpaired) electrons. The van der Waals surface area contributed by atoms with E-state index in [4.69, 9.17) is 18.9 Å². The summed E-state index contributed by atoms with van der Waals surface area (Å²) in [5.74, 6) is 1.93. The lowest BCUT2D eigenvalue weighted by Crippen LogP contribution is -2.24. The van der Waals surface area contributed by atoms with Gasteiger partial charge in [0.15, 0.2) is 12.0 Å².